The number of β-amino-alcohol motifs (C(OH)–C–C–N with tert-alkyl or cyclic N) is 1. The lowest BCUT2D eigenvalue weighted by molar-refractivity contribution is 0.0704. The highest BCUT2D eigenvalue weighted by Crippen LogP contribution is 2.29. The van der Waals surface area contributed by atoms with Crippen molar-refractivity contribution in [2.24, 2.45) is 5.92 Å². The number of rotatable bonds is 8. The Morgan fingerprint density at radius 1 is 1.27 bits per heavy atom. The summed E-state index contributed by atoms with van der Waals surface area (Å²) in [5, 5.41) is 19.1. The first kappa shape index (κ1) is 19.3. The van der Waals surface area contributed by atoms with E-state index in [-0.39, 0.29) is 12.5 Å². The lowest BCUT2D eigenvalue weighted by Gasteiger charge is -2.35. The molecule has 0 radical (unpaired) electrons. The molecule has 0 aromatic heterocycles. The summed E-state index contributed by atoms with van der Waals surface area (Å²) in [6.07, 6.45) is -0.508. The van der Waals surface area contributed by atoms with Crippen molar-refractivity contribution in [3.8, 4) is 17.6 Å². The third-order valence-electron chi connectivity index (χ3n) is 4.78. The van der Waals surface area contributed by atoms with Gasteiger partial charge in [-0.3, -0.25) is 9.80 Å². The van der Waals surface area contributed by atoms with Crippen LogP contribution in [0.1, 0.15) is 5.56 Å². The molecule has 3 rings (SSSR count). The van der Waals surface area contributed by atoms with Crippen molar-refractivity contribution in [2.45, 2.75) is 12.6 Å². The molecule has 2 heterocycles. The lowest BCUT2D eigenvalue weighted by atomic mass is 10.0. The molecular weight excluding hydrogens is 350 g/mol. The van der Waals surface area contributed by atoms with Crippen molar-refractivity contribution >= 4 is 11.8 Å². The second kappa shape index (κ2) is 9.47. The summed E-state index contributed by atoms with van der Waals surface area (Å²) in [6.45, 7) is 5.44. The minimum atomic E-state index is -0.508. The number of methoxy groups -OCH3 is 1. The summed E-state index contributed by atoms with van der Waals surface area (Å²) in [6, 6.07) is 8.19. The number of nitrogens with zero attached hydrogens (tertiary/aromatic N) is 3. The molecule has 1 aromatic rings. The number of nitriles is 1. The lowest BCUT2D eigenvalue weighted by Crippen LogP contribution is -2.45. The van der Waals surface area contributed by atoms with Gasteiger partial charge in [0.25, 0.3) is 0 Å². The standard InChI is InChI=1S/C19H27N3O3S/c1-24-19-8-15(10-22-11-16(9-20)12-22)2-3-18(19)25-14-17(23)13-21-4-6-26-7-5-21/h2-3,8,16-17,23H,4-7,10-14H2,1H3. The molecule has 2 fully saturated rings. The van der Waals surface area contributed by atoms with Gasteiger partial charge in [0, 0.05) is 50.8 Å². The second-order valence-electron chi connectivity index (χ2n) is 6.88. The molecule has 2 aliphatic heterocycles. The van der Waals surface area contributed by atoms with Gasteiger partial charge in [-0.2, -0.15) is 17.0 Å². The number of benzene rings is 1. The molecule has 7 heteroatoms. The maximum atomic E-state index is 10.2. The fraction of sp³-hybridized carbons (Fsp3) is 0.632. The van der Waals surface area contributed by atoms with E-state index in [1.165, 1.54) is 0 Å². The highest BCUT2D eigenvalue weighted by molar-refractivity contribution is 7.99. The zero-order valence-corrected chi connectivity index (χ0v) is 16.1. The predicted molar refractivity (Wildman–Crippen MR) is 103 cm³/mol. The fourth-order valence-corrected chi connectivity index (χ4v) is 4.27. The van der Waals surface area contributed by atoms with Crippen LogP contribution in [0.25, 0.3) is 0 Å². The Morgan fingerprint density at radius 2 is 2.04 bits per heavy atom. The van der Waals surface area contributed by atoms with Crippen molar-refractivity contribution in [3.63, 3.8) is 0 Å². The van der Waals surface area contributed by atoms with Gasteiger partial charge in [0.05, 0.1) is 19.1 Å². The number of hydrogen-bond donors (Lipinski definition) is 1. The van der Waals surface area contributed by atoms with Gasteiger partial charge in [0.15, 0.2) is 11.5 Å². The van der Waals surface area contributed by atoms with Crippen molar-refractivity contribution in [1.82, 2.24) is 9.80 Å². The molecule has 142 valence electrons. The van der Waals surface area contributed by atoms with Gasteiger partial charge < -0.3 is 14.6 Å². The predicted octanol–water partition coefficient (Wildman–Crippen LogP) is 1.44. The van der Waals surface area contributed by atoms with Gasteiger partial charge in [0.2, 0.25) is 0 Å². The SMILES string of the molecule is COc1cc(CN2CC(C#N)C2)ccc1OCC(O)CN1CCSCC1. The molecule has 1 N–H and O–H groups in total. The molecule has 1 aromatic carbocycles. The van der Waals surface area contributed by atoms with E-state index in [1.54, 1.807) is 7.11 Å². The van der Waals surface area contributed by atoms with Gasteiger partial charge in [0.1, 0.15) is 12.7 Å². The molecular formula is C19H27N3O3S. The molecule has 0 aliphatic carbocycles. The van der Waals surface area contributed by atoms with E-state index in [1.807, 2.05) is 30.0 Å². The zero-order chi connectivity index (χ0) is 18.4. The third-order valence-corrected chi connectivity index (χ3v) is 5.72. The van der Waals surface area contributed by atoms with Crippen LogP contribution in [0.3, 0.4) is 0 Å². The van der Waals surface area contributed by atoms with Crippen LogP contribution in [0, 0.1) is 17.2 Å². The molecule has 6 nitrogen and oxygen atoms in total. The molecule has 26 heavy (non-hydrogen) atoms. The van der Waals surface area contributed by atoms with Gasteiger partial charge in [-0.25, -0.2) is 0 Å². The molecule has 1 atom stereocenters. The van der Waals surface area contributed by atoms with Gasteiger partial charge >= 0.3 is 0 Å². The topological polar surface area (TPSA) is 69.0 Å². The Morgan fingerprint density at radius 3 is 2.73 bits per heavy atom. The number of hydrogen-bond acceptors (Lipinski definition) is 7. The Kier molecular flexibility index (Phi) is 7.03. The van der Waals surface area contributed by atoms with Crippen LogP contribution >= 0.6 is 11.8 Å². The molecule has 2 aliphatic rings. The average Bonchev–Trinajstić information content (AvgIpc) is 2.63. The summed E-state index contributed by atoms with van der Waals surface area (Å²) in [5.74, 6) is 3.77. The first-order chi connectivity index (χ1) is 12.7. The van der Waals surface area contributed by atoms with E-state index in [0.29, 0.717) is 18.0 Å². The summed E-state index contributed by atoms with van der Waals surface area (Å²) in [5.41, 5.74) is 1.14. The van der Waals surface area contributed by atoms with Crippen molar-refractivity contribution in [3.05, 3.63) is 23.8 Å². The first-order valence-electron chi connectivity index (χ1n) is 9.07. The van der Waals surface area contributed by atoms with E-state index in [0.717, 1.165) is 49.8 Å². The molecule has 1 unspecified atom stereocenters. The number of aliphatic hydroxyl groups is 1. The highest BCUT2D eigenvalue weighted by atomic mass is 32.2. The number of aliphatic hydroxyl groups excluding tert-OH is 1. The van der Waals surface area contributed by atoms with Crippen LogP contribution in [-0.4, -0.2) is 79.0 Å². The van der Waals surface area contributed by atoms with E-state index >= 15 is 0 Å². The van der Waals surface area contributed by atoms with Gasteiger partial charge in [-0.15, -0.1) is 0 Å². The van der Waals surface area contributed by atoms with Crippen molar-refractivity contribution < 1.29 is 14.6 Å². The average molecular weight is 378 g/mol. The van der Waals surface area contributed by atoms with Crippen molar-refractivity contribution in [1.29, 1.82) is 5.26 Å². The third kappa shape index (κ3) is 5.27. The highest BCUT2D eigenvalue weighted by Gasteiger charge is 2.26. The summed E-state index contributed by atoms with van der Waals surface area (Å²) >= 11 is 1.96. The maximum Gasteiger partial charge on any atom is 0.161 e. The van der Waals surface area contributed by atoms with E-state index in [4.69, 9.17) is 14.7 Å². The summed E-state index contributed by atoms with van der Waals surface area (Å²) in [4.78, 5) is 4.52. The van der Waals surface area contributed by atoms with Gasteiger partial charge in [-0.1, -0.05) is 6.07 Å². The van der Waals surface area contributed by atoms with E-state index in [9.17, 15) is 5.11 Å². The Labute approximate surface area is 159 Å². The normalized spacial score (nSPS) is 20.2. The van der Waals surface area contributed by atoms with Crippen LogP contribution in [0.15, 0.2) is 18.2 Å². The van der Waals surface area contributed by atoms with Crippen LogP contribution in [0.5, 0.6) is 11.5 Å². The number of thioether (sulfide) groups is 1. The first-order valence-corrected chi connectivity index (χ1v) is 10.2. The fourth-order valence-electron chi connectivity index (χ4n) is 3.29. The molecule has 0 bridgehead atoms. The van der Waals surface area contributed by atoms with Crippen LogP contribution in [0.4, 0.5) is 0 Å². The molecule has 2 saturated heterocycles. The number of ether oxygens (including phenoxy) is 2. The quantitative estimate of drug-likeness (QED) is 0.735. The second-order valence-corrected chi connectivity index (χ2v) is 8.11. The van der Waals surface area contributed by atoms with Crippen LogP contribution in [0.2, 0.25) is 0 Å². The summed E-state index contributed by atoms with van der Waals surface area (Å²) < 4.78 is 11.3. The minimum absolute atomic E-state index is 0.166. The number of likely N-dealkylation sites (tertiary alicyclic amines) is 1. The van der Waals surface area contributed by atoms with E-state index in [2.05, 4.69) is 15.9 Å². The maximum absolute atomic E-state index is 10.2. The van der Waals surface area contributed by atoms with Crippen molar-refractivity contribution in [2.75, 3.05) is 57.9 Å². The van der Waals surface area contributed by atoms with Crippen LogP contribution in [-0.2, 0) is 6.54 Å². The van der Waals surface area contributed by atoms with Gasteiger partial charge in [-0.05, 0) is 17.7 Å². The molecule has 0 spiro atoms. The monoisotopic (exact) mass is 377 g/mol. The largest absolute Gasteiger partial charge is 0.493 e. The van der Waals surface area contributed by atoms with Crippen LogP contribution < -0.4 is 9.47 Å². The molecule has 0 saturated carbocycles. The minimum Gasteiger partial charge on any atom is -0.493 e. The summed E-state index contributed by atoms with van der Waals surface area (Å²) in [7, 11) is 1.63. The Balaban J connectivity index is 1.48. The van der Waals surface area contributed by atoms with E-state index < -0.39 is 6.10 Å². The smallest absolute Gasteiger partial charge is 0.161 e. The Bertz CT molecular complexity index is 625. The Hall–Kier alpha value is -1.46. The molecule has 0 amide bonds. The zero-order valence-electron chi connectivity index (χ0n) is 15.3.